The van der Waals surface area contributed by atoms with Crippen molar-refractivity contribution in [2.24, 2.45) is 7.05 Å². The van der Waals surface area contributed by atoms with Gasteiger partial charge in [-0.25, -0.2) is 0 Å². The molecule has 0 saturated heterocycles. The van der Waals surface area contributed by atoms with Gasteiger partial charge in [0.2, 0.25) is 9.39 Å². The summed E-state index contributed by atoms with van der Waals surface area (Å²) in [6.07, 6.45) is 6.16. The van der Waals surface area contributed by atoms with E-state index in [1.165, 1.54) is 24.2 Å². The number of halogens is 1. The van der Waals surface area contributed by atoms with E-state index < -0.39 is 0 Å². The zero-order valence-electron chi connectivity index (χ0n) is 14.0. The highest BCUT2D eigenvalue weighted by Gasteiger charge is 2.20. The number of nitrogens with zero attached hydrogens (tertiary/aromatic N) is 1. The van der Waals surface area contributed by atoms with E-state index in [-0.39, 0.29) is 0 Å². The first-order valence-corrected chi connectivity index (χ1v) is 9.54. The summed E-state index contributed by atoms with van der Waals surface area (Å²) in [6.45, 7) is 6.00. The summed E-state index contributed by atoms with van der Waals surface area (Å²) in [7, 11) is 3.81. The standard InChI is InChI=1S/C20H19INOS/c1-5-8-13-14-11-15(16-9-7-10-20(21)22(16)3)17(23-4)12-19(14)24-18(13)6-2/h5-12H,2H2,1,3-4H3/q+1/b8-5-. The first-order valence-electron chi connectivity index (χ1n) is 7.65. The molecule has 0 radical (unpaired) electrons. The molecule has 0 saturated carbocycles. The summed E-state index contributed by atoms with van der Waals surface area (Å²) in [5, 5.41) is 1.24. The molecule has 0 aliphatic carbocycles. The number of pyridine rings is 1. The molecule has 0 N–H and O–H groups in total. The van der Waals surface area contributed by atoms with Gasteiger partial charge < -0.3 is 4.74 Å². The molecule has 1 aromatic carbocycles. The van der Waals surface area contributed by atoms with Crippen molar-refractivity contribution in [1.82, 2.24) is 0 Å². The van der Waals surface area contributed by atoms with E-state index in [4.69, 9.17) is 4.74 Å². The third-order valence-corrected chi connectivity index (χ3v) is 6.29. The van der Waals surface area contributed by atoms with Crippen molar-refractivity contribution in [2.75, 3.05) is 7.11 Å². The van der Waals surface area contributed by atoms with Gasteiger partial charge in [-0.15, -0.1) is 11.3 Å². The maximum Gasteiger partial charge on any atom is 0.241 e. The number of fused-ring (bicyclic) bond motifs is 1. The number of aromatic nitrogens is 1. The lowest BCUT2D eigenvalue weighted by Crippen LogP contribution is -2.34. The SMILES string of the molecule is C=Cc1sc2cc(OC)c(-c3cccc(I)[n+]3C)cc2c1/C=C\C. The van der Waals surface area contributed by atoms with Gasteiger partial charge in [-0.2, -0.15) is 4.57 Å². The molecular formula is C20H19INOS+. The fourth-order valence-corrected chi connectivity index (χ4v) is 4.37. The zero-order chi connectivity index (χ0) is 17.3. The van der Waals surface area contributed by atoms with Crippen LogP contribution in [-0.4, -0.2) is 7.11 Å². The summed E-state index contributed by atoms with van der Waals surface area (Å²) in [4.78, 5) is 1.19. The summed E-state index contributed by atoms with van der Waals surface area (Å²) in [5.41, 5.74) is 3.47. The van der Waals surface area contributed by atoms with E-state index in [9.17, 15) is 0 Å². The number of hydrogen-bond acceptors (Lipinski definition) is 2. The molecular weight excluding hydrogens is 429 g/mol. The molecule has 2 nitrogen and oxygen atoms in total. The number of methoxy groups -OCH3 is 1. The lowest BCUT2D eigenvalue weighted by Gasteiger charge is -2.08. The van der Waals surface area contributed by atoms with Crippen LogP contribution in [0.25, 0.3) is 33.5 Å². The van der Waals surface area contributed by atoms with E-state index in [0.717, 1.165) is 17.0 Å². The second-order valence-electron chi connectivity index (χ2n) is 5.43. The Labute approximate surface area is 160 Å². The fourth-order valence-electron chi connectivity index (χ4n) is 2.85. The number of benzene rings is 1. The van der Waals surface area contributed by atoms with Crippen molar-refractivity contribution in [3.05, 3.63) is 57.1 Å². The first kappa shape index (κ1) is 17.2. The van der Waals surface area contributed by atoms with Crippen LogP contribution in [0.15, 0.2) is 43.0 Å². The van der Waals surface area contributed by atoms with Gasteiger partial charge in [-0.3, -0.25) is 0 Å². The van der Waals surface area contributed by atoms with Gasteiger partial charge in [0.25, 0.3) is 0 Å². The van der Waals surface area contributed by atoms with Crippen molar-refractivity contribution in [1.29, 1.82) is 0 Å². The first-order chi connectivity index (χ1) is 11.6. The van der Waals surface area contributed by atoms with E-state index >= 15 is 0 Å². The largest absolute Gasteiger partial charge is 0.496 e. The van der Waals surface area contributed by atoms with E-state index in [1.54, 1.807) is 18.4 Å². The molecule has 3 aromatic rings. The minimum absolute atomic E-state index is 0.893. The van der Waals surface area contributed by atoms with Crippen LogP contribution in [0, 0.1) is 3.70 Å². The Morgan fingerprint density at radius 2 is 2.08 bits per heavy atom. The molecule has 0 bridgehead atoms. The Bertz CT molecular complexity index is 956. The Hall–Kier alpha value is -1.66. The number of rotatable bonds is 4. The van der Waals surface area contributed by atoms with Crippen molar-refractivity contribution < 1.29 is 9.30 Å². The Balaban J connectivity index is 2.37. The van der Waals surface area contributed by atoms with Gasteiger partial charge in [0.15, 0.2) is 0 Å². The number of ether oxygens (including phenoxy) is 1. The van der Waals surface area contributed by atoms with Gasteiger partial charge in [-0.05, 0) is 30.7 Å². The lowest BCUT2D eigenvalue weighted by molar-refractivity contribution is -0.673. The highest BCUT2D eigenvalue weighted by atomic mass is 127. The zero-order valence-corrected chi connectivity index (χ0v) is 16.9. The summed E-state index contributed by atoms with van der Waals surface area (Å²) < 4.78 is 10.3. The average molecular weight is 448 g/mol. The summed E-state index contributed by atoms with van der Waals surface area (Å²) in [6, 6.07) is 10.7. The monoisotopic (exact) mass is 448 g/mol. The molecule has 3 rings (SSSR count). The van der Waals surface area contributed by atoms with Crippen molar-refractivity contribution >= 4 is 56.2 Å². The number of allylic oxidation sites excluding steroid dienone is 1. The van der Waals surface area contributed by atoms with Crippen LogP contribution in [0.4, 0.5) is 0 Å². The molecule has 4 heteroatoms. The molecule has 24 heavy (non-hydrogen) atoms. The lowest BCUT2D eigenvalue weighted by atomic mass is 10.0. The van der Waals surface area contributed by atoms with Gasteiger partial charge in [0, 0.05) is 49.7 Å². The normalized spacial score (nSPS) is 11.3. The minimum Gasteiger partial charge on any atom is -0.496 e. The Morgan fingerprint density at radius 1 is 1.29 bits per heavy atom. The highest BCUT2D eigenvalue weighted by molar-refractivity contribution is 14.1. The van der Waals surface area contributed by atoms with E-state index in [0.29, 0.717) is 0 Å². The van der Waals surface area contributed by atoms with Crippen molar-refractivity contribution in [3.8, 4) is 17.0 Å². The van der Waals surface area contributed by atoms with Crippen molar-refractivity contribution in [2.45, 2.75) is 6.92 Å². The van der Waals surface area contributed by atoms with Gasteiger partial charge >= 0.3 is 0 Å². The van der Waals surface area contributed by atoms with Crippen molar-refractivity contribution in [3.63, 3.8) is 0 Å². The summed E-state index contributed by atoms with van der Waals surface area (Å²) >= 11 is 4.10. The average Bonchev–Trinajstić information content (AvgIpc) is 2.93. The molecule has 0 aliphatic rings. The highest BCUT2D eigenvalue weighted by Crippen LogP contribution is 2.40. The number of hydrogen-bond donors (Lipinski definition) is 0. The Morgan fingerprint density at radius 3 is 2.75 bits per heavy atom. The predicted octanol–water partition coefficient (Wildman–Crippen LogP) is 5.68. The van der Waals surface area contributed by atoms with Gasteiger partial charge in [0.1, 0.15) is 12.8 Å². The molecule has 0 fully saturated rings. The molecule has 2 heterocycles. The van der Waals surface area contributed by atoms with Crippen LogP contribution < -0.4 is 9.30 Å². The summed E-state index contributed by atoms with van der Waals surface area (Å²) in [5.74, 6) is 0.893. The van der Waals surface area contributed by atoms with Crippen LogP contribution in [-0.2, 0) is 7.05 Å². The fraction of sp³-hybridized carbons (Fsp3) is 0.150. The van der Waals surface area contributed by atoms with E-state index in [1.807, 2.05) is 13.0 Å². The number of thiophene rings is 1. The van der Waals surface area contributed by atoms with Crippen LogP contribution in [0.3, 0.4) is 0 Å². The van der Waals surface area contributed by atoms with Crippen LogP contribution in [0.1, 0.15) is 17.4 Å². The molecule has 122 valence electrons. The maximum atomic E-state index is 5.69. The van der Waals surface area contributed by atoms with Crippen LogP contribution >= 0.6 is 33.9 Å². The quantitative estimate of drug-likeness (QED) is 0.284. The second-order valence-corrected chi connectivity index (χ2v) is 7.61. The molecule has 0 amide bonds. The molecule has 0 atom stereocenters. The third kappa shape index (κ3) is 2.89. The maximum absolute atomic E-state index is 5.69. The van der Waals surface area contributed by atoms with Crippen LogP contribution in [0.5, 0.6) is 5.75 Å². The molecule has 0 spiro atoms. The molecule has 0 unspecified atom stereocenters. The smallest absolute Gasteiger partial charge is 0.241 e. The molecule has 2 aromatic heterocycles. The van der Waals surface area contributed by atoms with Gasteiger partial charge in [-0.1, -0.05) is 24.8 Å². The molecule has 0 aliphatic heterocycles. The second kappa shape index (κ2) is 7.07. The van der Waals surface area contributed by atoms with Gasteiger partial charge in [0.05, 0.1) is 12.7 Å². The van der Waals surface area contributed by atoms with Crippen LogP contribution in [0.2, 0.25) is 0 Å². The van der Waals surface area contributed by atoms with E-state index in [2.05, 4.69) is 83.3 Å². The minimum atomic E-state index is 0.893. The third-order valence-electron chi connectivity index (χ3n) is 4.04. The topological polar surface area (TPSA) is 13.1 Å². The Kier molecular flexibility index (Phi) is 5.06. The predicted molar refractivity (Wildman–Crippen MR) is 113 cm³/mol.